The quantitative estimate of drug-likeness (QED) is 0.850. The van der Waals surface area contributed by atoms with Gasteiger partial charge in [0.1, 0.15) is 0 Å². The van der Waals surface area contributed by atoms with E-state index in [1.54, 1.807) is 18.2 Å². The summed E-state index contributed by atoms with van der Waals surface area (Å²) in [7, 11) is 0. The summed E-state index contributed by atoms with van der Waals surface area (Å²) >= 11 is 0. The van der Waals surface area contributed by atoms with Crippen molar-refractivity contribution >= 4 is 11.8 Å². The van der Waals surface area contributed by atoms with E-state index >= 15 is 0 Å². The number of amides is 2. The molecule has 1 atom stereocenters. The van der Waals surface area contributed by atoms with Gasteiger partial charge in [-0.15, -0.1) is 0 Å². The van der Waals surface area contributed by atoms with Crippen LogP contribution in [0.5, 0.6) is 0 Å². The molecule has 1 aromatic carbocycles. The van der Waals surface area contributed by atoms with Crippen LogP contribution < -0.4 is 11.1 Å². The van der Waals surface area contributed by atoms with Crippen LogP contribution in [-0.4, -0.2) is 36.1 Å². The van der Waals surface area contributed by atoms with Crippen molar-refractivity contribution in [3.8, 4) is 11.3 Å². The van der Waals surface area contributed by atoms with Crippen LogP contribution in [0.4, 0.5) is 0 Å². The molecular weight excluding hydrogens is 342 g/mol. The van der Waals surface area contributed by atoms with Crippen LogP contribution in [0.15, 0.2) is 30.3 Å². The number of hydrogen-bond donors (Lipinski definition) is 2. The monoisotopic (exact) mass is 365 g/mol. The first-order valence-corrected chi connectivity index (χ1v) is 9.44. The van der Waals surface area contributed by atoms with Crippen molar-refractivity contribution in [3.63, 3.8) is 0 Å². The van der Waals surface area contributed by atoms with Gasteiger partial charge in [0.2, 0.25) is 0 Å². The van der Waals surface area contributed by atoms with Crippen LogP contribution in [0, 0.1) is 0 Å². The summed E-state index contributed by atoms with van der Waals surface area (Å²) in [6.07, 6.45) is 4.97. The molecule has 2 aliphatic rings. The Morgan fingerprint density at radius 2 is 2.11 bits per heavy atom. The van der Waals surface area contributed by atoms with E-state index in [0.717, 1.165) is 55.5 Å². The number of ether oxygens (including phenoxy) is 1. The summed E-state index contributed by atoms with van der Waals surface area (Å²) in [5, 5.41) is 2.92. The predicted octanol–water partition coefficient (Wildman–Crippen LogP) is 2.25. The predicted molar refractivity (Wildman–Crippen MR) is 102 cm³/mol. The number of pyridine rings is 1. The van der Waals surface area contributed by atoms with Crippen molar-refractivity contribution in [2.45, 2.75) is 38.2 Å². The Morgan fingerprint density at radius 3 is 2.89 bits per heavy atom. The molecule has 4 rings (SSSR count). The van der Waals surface area contributed by atoms with E-state index in [9.17, 15) is 9.59 Å². The third kappa shape index (κ3) is 3.71. The molecule has 3 N–H and O–H groups in total. The molecule has 2 amide bonds. The first-order valence-electron chi connectivity index (χ1n) is 9.44. The summed E-state index contributed by atoms with van der Waals surface area (Å²) in [5.41, 5.74) is 9.92. The number of nitrogens with one attached hydrogen (secondary N) is 1. The molecule has 1 saturated heterocycles. The molecule has 0 saturated carbocycles. The highest BCUT2D eigenvalue weighted by molar-refractivity contribution is 6.00. The van der Waals surface area contributed by atoms with Gasteiger partial charge in [0.05, 0.1) is 17.4 Å². The SMILES string of the molecule is NC(=O)c1cc2c(nc1-c1cccc(C(=O)NCC3CCCO3)c1)CCC2. The zero-order valence-electron chi connectivity index (χ0n) is 15.2. The van der Waals surface area contributed by atoms with Crippen molar-refractivity contribution < 1.29 is 14.3 Å². The number of carbonyl (C=O) groups is 2. The van der Waals surface area contributed by atoms with Gasteiger partial charge in [-0.25, -0.2) is 0 Å². The smallest absolute Gasteiger partial charge is 0.251 e. The normalized spacial score (nSPS) is 18.3. The molecule has 1 aromatic heterocycles. The summed E-state index contributed by atoms with van der Waals surface area (Å²) in [6, 6.07) is 9.03. The highest BCUT2D eigenvalue weighted by Crippen LogP contribution is 2.29. The average molecular weight is 365 g/mol. The fourth-order valence-corrected chi connectivity index (χ4v) is 3.80. The van der Waals surface area contributed by atoms with Crippen molar-refractivity contribution in [2.24, 2.45) is 5.73 Å². The van der Waals surface area contributed by atoms with Crippen LogP contribution in [0.2, 0.25) is 0 Å². The van der Waals surface area contributed by atoms with E-state index in [0.29, 0.717) is 23.4 Å². The van der Waals surface area contributed by atoms with Gasteiger partial charge in [0.15, 0.2) is 0 Å². The molecule has 0 bridgehead atoms. The second kappa shape index (κ2) is 7.48. The minimum Gasteiger partial charge on any atom is -0.376 e. The molecule has 0 radical (unpaired) electrons. The maximum atomic E-state index is 12.5. The molecule has 27 heavy (non-hydrogen) atoms. The highest BCUT2D eigenvalue weighted by Gasteiger charge is 2.21. The van der Waals surface area contributed by atoms with Crippen LogP contribution in [0.1, 0.15) is 51.2 Å². The molecule has 0 spiro atoms. The lowest BCUT2D eigenvalue weighted by Crippen LogP contribution is -2.31. The maximum absolute atomic E-state index is 12.5. The fourth-order valence-electron chi connectivity index (χ4n) is 3.80. The fraction of sp³-hybridized carbons (Fsp3) is 0.381. The zero-order valence-corrected chi connectivity index (χ0v) is 15.2. The number of carbonyl (C=O) groups excluding carboxylic acids is 2. The molecule has 2 aromatic rings. The highest BCUT2D eigenvalue weighted by atomic mass is 16.5. The minimum absolute atomic E-state index is 0.0944. The van der Waals surface area contributed by atoms with Gasteiger partial charge in [-0.3, -0.25) is 14.6 Å². The Kier molecular flexibility index (Phi) is 4.90. The number of primary amides is 1. The lowest BCUT2D eigenvalue weighted by molar-refractivity contribution is 0.0857. The number of aryl methyl sites for hydroxylation is 2. The van der Waals surface area contributed by atoms with Gasteiger partial charge in [-0.1, -0.05) is 12.1 Å². The van der Waals surface area contributed by atoms with E-state index in [1.807, 2.05) is 12.1 Å². The van der Waals surface area contributed by atoms with Crippen LogP contribution >= 0.6 is 0 Å². The first kappa shape index (κ1) is 17.7. The van der Waals surface area contributed by atoms with Gasteiger partial charge in [-0.2, -0.15) is 0 Å². The molecule has 6 heteroatoms. The lowest BCUT2D eigenvalue weighted by Gasteiger charge is -2.13. The van der Waals surface area contributed by atoms with Gasteiger partial charge in [-0.05, 0) is 55.9 Å². The lowest BCUT2D eigenvalue weighted by atomic mass is 10.0. The van der Waals surface area contributed by atoms with Gasteiger partial charge in [0, 0.05) is 30.0 Å². The van der Waals surface area contributed by atoms with Crippen LogP contribution in [0.25, 0.3) is 11.3 Å². The number of fused-ring (bicyclic) bond motifs is 1. The molecule has 6 nitrogen and oxygen atoms in total. The summed E-state index contributed by atoms with van der Waals surface area (Å²) < 4.78 is 5.54. The summed E-state index contributed by atoms with van der Waals surface area (Å²) in [6.45, 7) is 1.27. The van der Waals surface area contributed by atoms with E-state index in [2.05, 4.69) is 5.32 Å². The second-order valence-corrected chi connectivity index (χ2v) is 7.13. The van der Waals surface area contributed by atoms with E-state index in [4.69, 9.17) is 15.5 Å². The molecular formula is C21H23N3O3. The van der Waals surface area contributed by atoms with Crippen molar-refractivity contribution in [2.75, 3.05) is 13.2 Å². The Labute approximate surface area is 158 Å². The van der Waals surface area contributed by atoms with Crippen molar-refractivity contribution in [3.05, 3.63) is 52.7 Å². The summed E-state index contributed by atoms with van der Waals surface area (Å²) in [4.78, 5) is 29.2. The number of nitrogens with zero attached hydrogens (tertiary/aromatic N) is 1. The van der Waals surface area contributed by atoms with E-state index in [-0.39, 0.29) is 12.0 Å². The van der Waals surface area contributed by atoms with Crippen LogP contribution in [0.3, 0.4) is 0 Å². The first-order chi connectivity index (χ1) is 13.1. The number of benzene rings is 1. The number of nitrogens with two attached hydrogens (primary N) is 1. The molecule has 1 aliphatic carbocycles. The van der Waals surface area contributed by atoms with Crippen LogP contribution in [-0.2, 0) is 17.6 Å². The summed E-state index contributed by atoms with van der Waals surface area (Å²) in [5.74, 6) is -0.658. The molecule has 1 aliphatic heterocycles. The Hall–Kier alpha value is -2.73. The largest absolute Gasteiger partial charge is 0.376 e. The van der Waals surface area contributed by atoms with Gasteiger partial charge < -0.3 is 15.8 Å². The standard InChI is InChI=1S/C21H23N3O3/c22-20(25)17-11-13-4-2-8-18(13)24-19(17)14-5-1-6-15(10-14)21(26)23-12-16-7-3-9-27-16/h1,5-6,10-11,16H,2-4,7-9,12H2,(H2,22,25)(H,23,26). The van der Waals surface area contributed by atoms with Crippen molar-refractivity contribution in [1.29, 1.82) is 0 Å². The Balaban J connectivity index is 1.60. The van der Waals surface area contributed by atoms with E-state index < -0.39 is 5.91 Å². The number of rotatable bonds is 5. The molecule has 140 valence electrons. The second-order valence-electron chi connectivity index (χ2n) is 7.13. The average Bonchev–Trinajstić information content (AvgIpc) is 3.36. The maximum Gasteiger partial charge on any atom is 0.251 e. The minimum atomic E-state index is -0.500. The molecule has 1 fully saturated rings. The molecule has 1 unspecified atom stereocenters. The van der Waals surface area contributed by atoms with Crippen molar-refractivity contribution in [1.82, 2.24) is 10.3 Å². The number of aromatic nitrogens is 1. The number of hydrogen-bond acceptors (Lipinski definition) is 4. The van der Waals surface area contributed by atoms with Gasteiger partial charge >= 0.3 is 0 Å². The third-order valence-electron chi connectivity index (χ3n) is 5.23. The Morgan fingerprint density at radius 1 is 1.22 bits per heavy atom. The third-order valence-corrected chi connectivity index (χ3v) is 5.23. The van der Waals surface area contributed by atoms with Gasteiger partial charge in [0.25, 0.3) is 11.8 Å². The zero-order chi connectivity index (χ0) is 18.8. The molecule has 2 heterocycles. The topological polar surface area (TPSA) is 94.3 Å². The van der Waals surface area contributed by atoms with E-state index in [1.165, 1.54) is 0 Å². The Bertz CT molecular complexity index is 888.